The molecule has 2 saturated heterocycles. The number of pyridine rings is 1. The topological polar surface area (TPSA) is 59.9 Å². The molecule has 6 nitrogen and oxygen atoms in total. The molecule has 2 fully saturated rings. The van der Waals surface area contributed by atoms with Crippen molar-refractivity contribution in [2.24, 2.45) is 11.8 Å². The fourth-order valence-electron chi connectivity index (χ4n) is 4.11. The summed E-state index contributed by atoms with van der Waals surface area (Å²) < 4.78 is 0. The van der Waals surface area contributed by atoms with E-state index in [4.69, 9.17) is 0 Å². The van der Waals surface area contributed by atoms with Gasteiger partial charge in [-0.05, 0) is 50.3 Å². The molecule has 0 saturated carbocycles. The second-order valence-corrected chi connectivity index (χ2v) is 8.52. The van der Waals surface area contributed by atoms with E-state index in [-0.39, 0.29) is 12.0 Å². The smallest absolute Gasteiger partial charge is 0.254 e. The second-order valence-electron chi connectivity index (χ2n) is 8.52. The molecule has 2 aliphatic heterocycles. The number of aliphatic hydroxyl groups is 1. The molecule has 150 valence electrons. The van der Waals surface area contributed by atoms with Gasteiger partial charge in [0.2, 0.25) is 0 Å². The van der Waals surface area contributed by atoms with E-state index in [9.17, 15) is 9.90 Å². The van der Waals surface area contributed by atoms with Gasteiger partial charge in [0.25, 0.3) is 5.91 Å². The van der Waals surface area contributed by atoms with E-state index >= 15 is 0 Å². The quantitative estimate of drug-likeness (QED) is 0.855. The zero-order valence-corrected chi connectivity index (χ0v) is 17.0. The Bertz CT molecular complexity index is 620. The van der Waals surface area contributed by atoms with E-state index in [1.54, 1.807) is 6.20 Å². The van der Waals surface area contributed by atoms with E-state index in [1.165, 1.54) is 0 Å². The van der Waals surface area contributed by atoms with Gasteiger partial charge in [-0.1, -0.05) is 13.8 Å². The fourth-order valence-corrected chi connectivity index (χ4v) is 4.11. The molecule has 1 N–H and O–H groups in total. The van der Waals surface area contributed by atoms with E-state index in [2.05, 4.69) is 35.7 Å². The standard InChI is InChI=1S/C21H34N4O2/c1-16(2)14-19(26)17-5-8-24(9-6-17)20-15-18(4-7-22-20)21(27)25-12-10-23(3)11-13-25/h4,7,15-17,19,26H,5-6,8-14H2,1-3H3/t19-/m0/s1. The first kappa shape index (κ1) is 20.1. The van der Waals surface area contributed by atoms with Crippen molar-refractivity contribution in [3.8, 4) is 0 Å². The predicted octanol–water partition coefficient (Wildman–Crippen LogP) is 2.09. The summed E-state index contributed by atoms with van der Waals surface area (Å²) in [6, 6.07) is 3.76. The van der Waals surface area contributed by atoms with Crippen LogP contribution in [0.2, 0.25) is 0 Å². The number of aromatic nitrogens is 1. The first-order chi connectivity index (χ1) is 12.9. The zero-order valence-electron chi connectivity index (χ0n) is 17.0. The highest BCUT2D eigenvalue weighted by Crippen LogP contribution is 2.27. The predicted molar refractivity (Wildman–Crippen MR) is 108 cm³/mol. The lowest BCUT2D eigenvalue weighted by atomic mass is 9.87. The van der Waals surface area contributed by atoms with Gasteiger partial charge in [-0.2, -0.15) is 0 Å². The minimum absolute atomic E-state index is 0.106. The van der Waals surface area contributed by atoms with Crippen molar-refractivity contribution in [3.05, 3.63) is 23.9 Å². The molecular formula is C21H34N4O2. The number of rotatable bonds is 5. The maximum absolute atomic E-state index is 12.8. The van der Waals surface area contributed by atoms with Crippen molar-refractivity contribution in [2.75, 3.05) is 51.2 Å². The second kappa shape index (κ2) is 9.02. The highest BCUT2D eigenvalue weighted by Gasteiger charge is 2.27. The Morgan fingerprint density at radius 1 is 1.19 bits per heavy atom. The van der Waals surface area contributed by atoms with Crippen LogP contribution in [0.25, 0.3) is 0 Å². The van der Waals surface area contributed by atoms with Crippen molar-refractivity contribution in [1.29, 1.82) is 0 Å². The maximum atomic E-state index is 12.8. The first-order valence-electron chi connectivity index (χ1n) is 10.3. The third kappa shape index (κ3) is 5.20. The van der Waals surface area contributed by atoms with E-state index in [0.29, 0.717) is 11.8 Å². The summed E-state index contributed by atoms with van der Waals surface area (Å²) in [5, 5.41) is 10.4. The van der Waals surface area contributed by atoms with Crippen molar-refractivity contribution >= 4 is 11.7 Å². The fraction of sp³-hybridized carbons (Fsp3) is 0.714. The van der Waals surface area contributed by atoms with Crippen LogP contribution in [0.5, 0.6) is 0 Å². The lowest BCUT2D eigenvalue weighted by Crippen LogP contribution is -2.47. The Kier molecular flexibility index (Phi) is 6.71. The van der Waals surface area contributed by atoms with Gasteiger partial charge in [-0.15, -0.1) is 0 Å². The average molecular weight is 375 g/mol. The normalized spacial score (nSPS) is 20.9. The van der Waals surface area contributed by atoms with Crippen molar-refractivity contribution < 1.29 is 9.90 Å². The summed E-state index contributed by atoms with van der Waals surface area (Å²) in [4.78, 5) is 23.8. The third-order valence-corrected chi connectivity index (χ3v) is 5.90. The Balaban J connectivity index is 1.59. The first-order valence-corrected chi connectivity index (χ1v) is 10.3. The summed E-state index contributed by atoms with van der Waals surface area (Å²) in [5.41, 5.74) is 0.728. The van der Waals surface area contributed by atoms with Gasteiger partial charge >= 0.3 is 0 Å². The number of likely N-dealkylation sites (N-methyl/N-ethyl adjacent to an activating group) is 1. The zero-order chi connectivity index (χ0) is 19.4. The lowest BCUT2D eigenvalue weighted by molar-refractivity contribution is 0.0664. The van der Waals surface area contributed by atoms with Crippen molar-refractivity contribution in [1.82, 2.24) is 14.8 Å². The van der Waals surface area contributed by atoms with Gasteiger partial charge in [0.1, 0.15) is 5.82 Å². The molecule has 27 heavy (non-hydrogen) atoms. The van der Waals surface area contributed by atoms with Crippen LogP contribution in [0, 0.1) is 11.8 Å². The molecule has 1 amide bonds. The molecule has 3 heterocycles. The molecule has 0 aromatic carbocycles. The minimum atomic E-state index is -0.203. The summed E-state index contributed by atoms with van der Waals surface area (Å²) in [6.45, 7) is 9.51. The highest BCUT2D eigenvalue weighted by molar-refractivity contribution is 5.95. The van der Waals surface area contributed by atoms with Gasteiger partial charge in [0.15, 0.2) is 0 Å². The largest absolute Gasteiger partial charge is 0.393 e. The van der Waals surface area contributed by atoms with Gasteiger partial charge in [-0.3, -0.25) is 4.79 Å². The molecule has 6 heteroatoms. The number of carbonyl (C=O) groups is 1. The lowest BCUT2D eigenvalue weighted by Gasteiger charge is -2.35. The van der Waals surface area contributed by atoms with Crippen LogP contribution in [0.3, 0.4) is 0 Å². The minimum Gasteiger partial charge on any atom is -0.393 e. The number of amides is 1. The van der Waals surface area contributed by atoms with Crippen LogP contribution in [-0.4, -0.2) is 78.2 Å². The van der Waals surface area contributed by atoms with Crippen LogP contribution < -0.4 is 4.90 Å². The van der Waals surface area contributed by atoms with Crippen LogP contribution in [0.1, 0.15) is 43.5 Å². The molecule has 1 atom stereocenters. The average Bonchev–Trinajstić information content (AvgIpc) is 2.68. The Labute approximate surface area is 163 Å². The van der Waals surface area contributed by atoms with Gasteiger partial charge < -0.3 is 19.8 Å². The Hall–Kier alpha value is -1.66. The molecule has 1 aromatic rings. The van der Waals surface area contributed by atoms with Crippen LogP contribution in [0.15, 0.2) is 18.3 Å². The number of aliphatic hydroxyl groups excluding tert-OH is 1. The van der Waals surface area contributed by atoms with Crippen LogP contribution >= 0.6 is 0 Å². The number of hydrogen-bond donors (Lipinski definition) is 1. The van der Waals surface area contributed by atoms with E-state index in [1.807, 2.05) is 17.0 Å². The SMILES string of the molecule is CC(C)C[C@H](O)C1CCN(c2cc(C(=O)N3CCN(C)CC3)ccn2)CC1. The third-order valence-electron chi connectivity index (χ3n) is 5.90. The molecule has 0 aliphatic carbocycles. The molecule has 3 rings (SSSR count). The van der Waals surface area contributed by atoms with E-state index in [0.717, 1.165) is 69.9 Å². The molecular weight excluding hydrogens is 340 g/mol. The summed E-state index contributed by atoms with van der Waals surface area (Å²) in [7, 11) is 2.09. The number of hydrogen-bond acceptors (Lipinski definition) is 5. The van der Waals surface area contributed by atoms with Gasteiger partial charge in [0, 0.05) is 51.0 Å². The Morgan fingerprint density at radius 3 is 2.48 bits per heavy atom. The highest BCUT2D eigenvalue weighted by atomic mass is 16.3. The number of anilines is 1. The molecule has 0 radical (unpaired) electrons. The van der Waals surface area contributed by atoms with Crippen LogP contribution in [0.4, 0.5) is 5.82 Å². The number of piperidine rings is 1. The van der Waals surface area contributed by atoms with Gasteiger partial charge in [0.05, 0.1) is 6.10 Å². The summed E-state index contributed by atoms with van der Waals surface area (Å²) in [6.07, 6.45) is 4.37. The van der Waals surface area contributed by atoms with Gasteiger partial charge in [-0.25, -0.2) is 4.98 Å². The van der Waals surface area contributed by atoms with E-state index < -0.39 is 0 Å². The van der Waals surface area contributed by atoms with Crippen LogP contribution in [-0.2, 0) is 0 Å². The monoisotopic (exact) mass is 374 g/mol. The number of piperazine rings is 1. The van der Waals surface area contributed by atoms with Crippen molar-refractivity contribution in [2.45, 2.75) is 39.2 Å². The summed E-state index contributed by atoms with van der Waals surface area (Å²) in [5.74, 6) is 1.89. The number of nitrogens with zero attached hydrogens (tertiary/aromatic N) is 4. The summed E-state index contributed by atoms with van der Waals surface area (Å²) >= 11 is 0. The maximum Gasteiger partial charge on any atom is 0.254 e. The molecule has 0 unspecified atom stereocenters. The van der Waals surface area contributed by atoms with Crippen molar-refractivity contribution in [3.63, 3.8) is 0 Å². The Morgan fingerprint density at radius 2 is 1.85 bits per heavy atom. The molecule has 0 bridgehead atoms. The molecule has 0 spiro atoms. The molecule has 2 aliphatic rings. The number of carbonyl (C=O) groups excluding carboxylic acids is 1. The molecule has 1 aromatic heterocycles.